The van der Waals surface area contributed by atoms with Gasteiger partial charge in [0.2, 0.25) is 0 Å². The van der Waals surface area contributed by atoms with Crippen LogP contribution < -0.4 is 5.32 Å². The summed E-state index contributed by atoms with van der Waals surface area (Å²) in [4.78, 5) is 17.3. The first-order chi connectivity index (χ1) is 13.0. The molecule has 0 saturated heterocycles. The Balaban J connectivity index is 1.59. The third kappa shape index (κ3) is 3.48. The van der Waals surface area contributed by atoms with E-state index in [9.17, 15) is 4.79 Å². The van der Waals surface area contributed by atoms with Crippen molar-refractivity contribution >= 4 is 33.1 Å². The molecule has 0 unspecified atom stereocenters. The number of nitrogens with one attached hydrogen (secondary N) is 1. The quantitative estimate of drug-likeness (QED) is 0.561. The number of hydrogen-bond donors (Lipinski definition) is 1. The number of anilines is 1. The second-order valence-corrected chi connectivity index (χ2v) is 7.79. The molecular formula is C21H20N4OS. The lowest BCUT2D eigenvalue weighted by Gasteiger charge is -2.07. The van der Waals surface area contributed by atoms with Crippen molar-refractivity contribution in [3.05, 3.63) is 76.1 Å². The van der Waals surface area contributed by atoms with E-state index in [1.807, 2.05) is 61.9 Å². The van der Waals surface area contributed by atoms with Gasteiger partial charge in [0, 0.05) is 11.4 Å². The van der Waals surface area contributed by atoms with Crippen LogP contribution in [0.3, 0.4) is 0 Å². The summed E-state index contributed by atoms with van der Waals surface area (Å²) in [6.45, 7) is 6.44. The van der Waals surface area contributed by atoms with Crippen LogP contribution in [-0.4, -0.2) is 20.7 Å². The molecule has 0 aliphatic carbocycles. The number of thiazole rings is 1. The maximum absolute atomic E-state index is 12.9. The van der Waals surface area contributed by atoms with Crippen molar-refractivity contribution in [1.29, 1.82) is 0 Å². The van der Waals surface area contributed by atoms with Crippen LogP contribution in [0, 0.1) is 20.8 Å². The molecule has 0 aliphatic heterocycles. The first-order valence-electron chi connectivity index (χ1n) is 8.78. The van der Waals surface area contributed by atoms with E-state index in [0.29, 0.717) is 12.1 Å². The number of nitrogens with zero attached hydrogens (tertiary/aromatic N) is 3. The smallest absolute Gasteiger partial charge is 0.259 e. The van der Waals surface area contributed by atoms with E-state index in [1.54, 1.807) is 11.3 Å². The Morgan fingerprint density at radius 3 is 2.67 bits per heavy atom. The van der Waals surface area contributed by atoms with E-state index in [0.717, 1.165) is 37.9 Å². The van der Waals surface area contributed by atoms with Crippen LogP contribution in [0.25, 0.3) is 10.2 Å². The highest BCUT2D eigenvalue weighted by Gasteiger charge is 2.19. The van der Waals surface area contributed by atoms with E-state index >= 15 is 0 Å². The van der Waals surface area contributed by atoms with E-state index in [4.69, 9.17) is 0 Å². The molecule has 0 atom stereocenters. The number of rotatable bonds is 4. The molecule has 2 heterocycles. The lowest BCUT2D eigenvalue weighted by atomic mass is 10.1. The Labute approximate surface area is 161 Å². The zero-order valence-electron chi connectivity index (χ0n) is 15.5. The molecule has 0 aliphatic rings. The average molecular weight is 376 g/mol. The van der Waals surface area contributed by atoms with E-state index in [2.05, 4.69) is 27.5 Å². The molecule has 4 aromatic rings. The number of benzene rings is 2. The number of amides is 1. The molecule has 0 saturated carbocycles. The van der Waals surface area contributed by atoms with Crippen molar-refractivity contribution in [2.45, 2.75) is 27.3 Å². The predicted molar refractivity (Wildman–Crippen MR) is 110 cm³/mol. The van der Waals surface area contributed by atoms with Gasteiger partial charge in [-0.1, -0.05) is 30.3 Å². The van der Waals surface area contributed by atoms with Crippen molar-refractivity contribution in [1.82, 2.24) is 14.8 Å². The van der Waals surface area contributed by atoms with Gasteiger partial charge in [-0.2, -0.15) is 5.10 Å². The second-order valence-electron chi connectivity index (χ2n) is 6.56. The first-order valence-corrected chi connectivity index (χ1v) is 9.59. The summed E-state index contributed by atoms with van der Waals surface area (Å²) in [6.07, 6.45) is 0. The summed E-state index contributed by atoms with van der Waals surface area (Å²) in [5.41, 5.74) is 5.11. The van der Waals surface area contributed by atoms with Gasteiger partial charge in [-0.15, -0.1) is 11.3 Å². The Morgan fingerprint density at radius 1 is 1.11 bits per heavy atom. The lowest BCUT2D eigenvalue weighted by molar-refractivity contribution is 0.102. The fourth-order valence-corrected chi connectivity index (χ4v) is 4.11. The summed E-state index contributed by atoms with van der Waals surface area (Å²) >= 11 is 1.62. The molecule has 0 spiro atoms. The molecule has 2 aromatic heterocycles. The van der Waals surface area contributed by atoms with Gasteiger partial charge in [0.05, 0.1) is 33.0 Å². The maximum atomic E-state index is 12.9. The van der Waals surface area contributed by atoms with Gasteiger partial charge >= 0.3 is 0 Å². The predicted octanol–water partition coefficient (Wildman–Crippen LogP) is 4.72. The maximum Gasteiger partial charge on any atom is 0.259 e. The minimum atomic E-state index is -0.134. The second kappa shape index (κ2) is 6.96. The fourth-order valence-electron chi connectivity index (χ4n) is 3.25. The molecule has 4 rings (SSSR count). The summed E-state index contributed by atoms with van der Waals surface area (Å²) in [6, 6.07) is 15.9. The molecular weight excluding hydrogens is 356 g/mol. The fraction of sp³-hybridized carbons (Fsp3) is 0.190. The van der Waals surface area contributed by atoms with Crippen LogP contribution in [0.5, 0.6) is 0 Å². The highest BCUT2D eigenvalue weighted by Crippen LogP contribution is 2.25. The third-order valence-corrected chi connectivity index (χ3v) is 5.47. The molecule has 136 valence electrons. The van der Waals surface area contributed by atoms with Crippen LogP contribution in [-0.2, 0) is 6.54 Å². The van der Waals surface area contributed by atoms with Gasteiger partial charge in [0.1, 0.15) is 0 Å². The Kier molecular flexibility index (Phi) is 4.49. The minimum absolute atomic E-state index is 0.134. The highest BCUT2D eigenvalue weighted by atomic mass is 32.1. The van der Waals surface area contributed by atoms with Crippen molar-refractivity contribution < 1.29 is 4.79 Å². The molecule has 2 aromatic carbocycles. The number of carbonyl (C=O) groups is 1. The normalized spacial score (nSPS) is 11.1. The number of carbonyl (C=O) groups excluding carboxylic acids is 1. The summed E-state index contributed by atoms with van der Waals surface area (Å²) in [7, 11) is 0. The van der Waals surface area contributed by atoms with Crippen LogP contribution in [0.2, 0.25) is 0 Å². The molecule has 1 N–H and O–H groups in total. The Morgan fingerprint density at radius 2 is 1.89 bits per heavy atom. The topological polar surface area (TPSA) is 59.8 Å². The number of hydrogen-bond acceptors (Lipinski definition) is 4. The molecule has 0 fully saturated rings. The van der Waals surface area contributed by atoms with E-state index in [-0.39, 0.29) is 5.91 Å². The van der Waals surface area contributed by atoms with Crippen LogP contribution in [0.15, 0.2) is 48.5 Å². The molecule has 5 nitrogen and oxygen atoms in total. The largest absolute Gasteiger partial charge is 0.322 e. The first kappa shape index (κ1) is 17.4. The molecule has 6 heteroatoms. The van der Waals surface area contributed by atoms with Crippen molar-refractivity contribution in [2.24, 2.45) is 0 Å². The van der Waals surface area contributed by atoms with Gasteiger partial charge < -0.3 is 5.32 Å². The summed E-state index contributed by atoms with van der Waals surface area (Å²) in [5, 5.41) is 8.59. The summed E-state index contributed by atoms with van der Waals surface area (Å²) < 4.78 is 2.95. The Hall–Kier alpha value is -2.99. The number of aromatic nitrogens is 3. The van der Waals surface area contributed by atoms with Crippen LogP contribution >= 0.6 is 11.3 Å². The van der Waals surface area contributed by atoms with Crippen molar-refractivity contribution in [2.75, 3.05) is 5.32 Å². The number of fused-ring (bicyclic) bond motifs is 1. The summed E-state index contributed by atoms with van der Waals surface area (Å²) in [5.74, 6) is -0.134. The van der Waals surface area contributed by atoms with Gasteiger partial charge in [0.15, 0.2) is 0 Å². The molecule has 27 heavy (non-hydrogen) atoms. The average Bonchev–Trinajstić information content (AvgIpc) is 3.14. The van der Waals surface area contributed by atoms with Crippen LogP contribution in [0.4, 0.5) is 5.69 Å². The van der Waals surface area contributed by atoms with Gasteiger partial charge in [-0.25, -0.2) is 4.98 Å². The van der Waals surface area contributed by atoms with E-state index in [1.165, 1.54) is 0 Å². The van der Waals surface area contributed by atoms with Gasteiger partial charge in [0.25, 0.3) is 5.91 Å². The molecule has 0 radical (unpaired) electrons. The third-order valence-electron chi connectivity index (χ3n) is 4.54. The Bertz CT molecular complexity index is 1130. The minimum Gasteiger partial charge on any atom is -0.322 e. The van der Waals surface area contributed by atoms with Gasteiger partial charge in [-0.3, -0.25) is 9.48 Å². The van der Waals surface area contributed by atoms with E-state index < -0.39 is 0 Å². The monoisotopic (exact) mass is 376 g/mol. The highest BCUT2D eigenvalue weighted by molar-refractivity contribution is 7.18. The SMILES string of the molecule is Cc1nc2ccc(NC(=O)c3c(C)nn(Cc4ccccc4)c3C)cc2s1. The molecule has 1 amide bonds. The zero-order valence-corrected chi connectivity index (χ0v) is 16.3. The lowest BCUT2D eigenvalue weighted by Crippen LogP contribution is -2.14. The molecule has 0 bridgehead atoms. The number of aryl methyl sites for hydroxylation is 2. The van der Waals surface area contributed by atoms with Gasteiger partial charge in [-0.05, 0) is 44.5 Å². The van der Waals surface area contributed by atoms with Crippen molar-refractivity contribution in [3.63, 3.8) is 0 Å². The van der Waals surface area contributed by atoms with Crippen molar-refractivity contribution in [3.8, 4) is 0 Å². The standard InChI is InChI=1S/C21H20N4OS/c1-13-20(14(2)25(24-13)12-16-7-5-4-6-8-16)21(26)23-17-9-10-18-19(11-17)27-15(3)22-18/h4-11H,12H2,1-3H3,(H,23,26). The van der Waals surface area contributed by atoms with Crippen LogP contribution in [0.1, 0.15) is 32.3 Å². The zero-order chi connectivity index (χ0) is 19.0.